The molecule has 0 saturated heterocycles. The molecule has 0 atom stereocenters. The van der Waals surface area contributed by atoms with Gasteiger partial charge in [-0.3, -0.25) is 5.32 Å². The summed E-state index contributed by atoms with van der Waals surface area (Å²) in [5.41, 5.74) is 4.17. The molecule has 4 heteroatoms. The maximum Gasteiger partial charge on any atom is 0.411 e. The highest BCUT2D eigenvalue weighted by Crippen LogP contribution is 2.18. The number of nitrogens with one attached hydrogen (secondary N) is 1. The van der Waals surface area contributed by atoms with Crippen LogP contribution in [0.25, 0.3) is 5.69 Å². The predicted molar refractivity (Wildman–Crippen MR) is 75.9 cm³/mol. The molecule has 1 aromatic heterocycles. The van der Waals surface area contributed by atoms with Crippen molar-refractivity contribution in [2.75, 3.05) is 11.9 Å². The van der Waals surface area contributed by atoms with E-state index in [1.165, 1.54) is 11.4 Å². The Labute approximate surface area is 113 Å². The third-order valence-electron chi connectivity index (χ3n) is 2.92. The summed E-state index contributed by atoms with van der Waals surface area (Å²) in [6, 6.07) is 11.8. The largest absolute Gasteiger partial charge is 0.450 e. The van der Waals surface area contributed by atoms with E-state index in [2.05, 4.69) is 35.9 Å². The molecule has 0 fully saturated rings. The maximum absolute atomic E-state index is 11.3. The van der Waals surface area contributed by atoms with E-state index < -0.39 is 6.09 Å². The number of hydrogen-bond acceptors (Lipinski definition) is 2. The Bertz CT molecular complexity index is 551. The molecular weight excluding hydrogens is 240 g/mol. The van der Waals surface area contributed by atoms with Crippen molar-refractivity contribution in [3.63, 3.8) is 0 Å². The zero-order valence-corrected chi connectivity index (χ0v) is 11.4. The van der Waals surface area contributed by atoms with Crippen LogP contribution in [-0.2, 0) is 4.74 Å². The second-order valence-corrected chi connectivity index (χ2v) is 4.34. The summed E-state index contributed by atoms with van der Waals surface area (Å²) < 4.78 is 6.99. The van der Waals surface area contributed by atoms with E-state index in [9.17, 15) is 4.79 Å². The van der Waals surface area contributed by atoms with E-state index in [4.69, 9.17) is 4.74 Å². The third kappa shape index (κ3) is 2.96. The van der Waals surface area contributed by atoms with Crippen LogP contribution in [-0.4, -0.2) is 17.3 Å². The minimum atomic E-state index is -0.427. The lowest BCUT2D eigenvalue weighted by molar-refractivity contribution is 0.168. The summed E-state index contributed by atoms with van der Waals surface area (Å²) in [5, 5.41) is 2.67. The molecule has 19 heavy (non-hydrogen) atoms. The fraction of sp³-hybridized carbons (Fsp3) is 0.267. The van der Waals surface area contributed by atoms with Crippen LogP contribution in [0, 0.1) is 13.8 Å². The number of rotatable bonds is 3. The molecule has 0 aliphatic carbocycles. The average Bonchev–Trinajstić information content (AvgIpc) is 2.71. The van der Waals surface area contributed by atoms with Gasteiger partial charge in [0.1, 0.15) is 0 Å². The van der Waals surface area contributed by atoms with Gasteiger partial charge in [0.2, 0.25) is 0 Å². The van der Waals surface area contributed by atoms with E-state index in [1.54, 1.807) is 6.92 Å². The second-order valence-electron chi connectivity index (χ2n) is 4.34. The minimum absolute atomic E-state index is 0.367. The van der Waals surface area contributed by atoms with Crippen LogP contribution in [0.1, 0.15) is 18.3 Å². The van der Waals surface area contributed by atoms with Crippen molar-refractivity contribution in [3.8, 4) is 5.69 Å². The number of hydrogen-bond donors (Lipinski definition) is 1. The van der Waals surface area contributed by atoms with E-state index in [1.807, 2.05) is 24.3 Å². The number of carbonyl (C=O) groups excluding carboxylic acids is 1. The van der Waals surface area contributed by atoms with Gasteiger partial charge < -0.3 is 9.30 Å². The van der Waals surface area contributed by atoms with Crippen molar-refractivity contribution < 1.29 is 9.53 Å². The Kier molecular flexibility index (Phi) is 3.90. The third-order valence-corrected chi connectivity index (χ3v) is 2.92. The van der Waals surface area contributed by atoms with Gasteiger partial charge in [-0.1, -0.05) is 0 Å². The molecule has 2 rings (SSSR count). The zero-order valence-electron chi connectivity index (χ0n) is 11.4. The SMILES string of the molecule is CCOC(=O)Nc1ccc(-n2c(C)ccc2C)cc1. The quantitative estimate of drug-likeness (QED) is 0.913. The summed E-state index contributed by atoms with van der Waals surface area (Å²) in [7, 11) is 0. The van der Waals surface area contributed by atoms with Crippen LogP contribution in [0.2, 0.25) is 0 Å². The van der Waals surface area contributed by atoms with Crippen molar-refractivity contribution in [1.82, 2.24) is 4.57 Å². The fourth-order valence-corrected chi connectivity index (χ4v) is 2.05. The van der Waals surface area contributed by atoms with Crippen LogP contribution in [0.5, 0.6) is 0 Å². The molecule has 1 amide bonds. The summed E-state index contributed by atoms with van der Waals surface area (Å²) >= 11 is 0. The average molecular weight is 258 g/mol. The van der Waals surface area contributed by atoms with Crippen LogP contribution in [0.4, 0.5) is 10.5 Å². The van der Waals surface area contributed by atoms with Gasteiger partial charge in [-0.25, -0.2) is 4.79 Å². The van der Waals surface area contributed by atoms with Gasteiger partial charge in [-0.2, -0.15) is 0 Å². The van der Waals surface area contributed by atoms with Crippen molar-refractivity contribution in [2.24, 2.45) is 0 Å². The van der Waals surface area contributed by atoms with Crippen molar-refractivity contribution in [2.45, 2.75) is 20.8 Å². The molecule has 1 aromatic carbocycles. The molecule has 1 N–H and O–H groups in total. The summed E-state index contributed by atoms with van der Waals surface area (Å²) in [6.07, 6.45) is -0.427. The maximum atomic E-state index is 11.3. The van der Waals surface area contributed by atoms with E-state index >= 15 is 0 Å². The Balaban J connectivity index is 2.17. The lowest BCUT2D eigenvalue weighted by Crippen LogP contribution is -2.13. The van der Waals surface area contributed by atoms with Gasteiger partial charge in [-0.15, -0.1) is 0 Å². The molecule has 0 aliphatic rings. The standard InChI is InChI=1S/C15H18N2O2/c1-4-19-15(18)16-13-7-9-14(10-8-13)17-11(2)5-6-12(17)3/h5-10H,4H2,1-3H3,(H,16,18). The molecule has 0 aliphatic heterocycles. The number of aryl methyl sites for hydroxylation is 2. The van der Waals surface area contributed by atoms with E-state index in [-0.39, 0.29) is 0 Å². The Morgan fingerprint density at radius 1 is 1.11 bits per heavy atom. The monoisotopic (exact) mass is 258 g/mol. The molecule has 4 nitrogen and oxygen atoms in total. The minimum Gasteiger partial charge on any atom is -0.450 e. The highest BCUT2D eigenvalue weighted by atomic mass is 16.5. The lowest BCUT2D eigenvalue weighted by atomic mass is 10.2. The number of amides is 1. The molecule has 0 saturated carbocycles. The first-order valence-electron chi connectivity index (χ1n) is 6.31. The van der Waals surface area contributed by atoms with Crippen LogP contribution in [0.15, 0.2) is 36.4 Å². The topological polar surface area (TPSA) is 43.3 Å². The van der Waals surface area contributed by atoms with Gasteiger partial charge in [0.15, 0.2) is 0 Å². The number of anilines is 1. The first kappa shape index (κ1) is 13.2. The Hall–Kier alpha value is -2.23. The van der Waals surface area contributed by atoms with Crippen molar-refractivity contribution in [3.05, 3.63) is 47.8 Å². The van der Waals surface area contributed by atoms with Crippen molar-refractivity contribution in [1.29, 1.82) is 0 Å². The molecular formula is C15H18N2O2. The molecule has 2 aromatic rings. The normalized spacial score (nSPS) is 10.3. The number of carbonyl (C=O) groups is 1. The zero-order chi connectivity index (χ0) is 13.8. The number of ether oxygens (including phenoxy) is 1. The number of aromatic nitrogens is 1. The molecule has 100 valence electrons. The van der Waals surface area contributed by atoms with Gasteiger partial charge in [0, 0.05) is 22.8 Å². The Morgan fingerprint density at radius 2 is 1.68 bits per heavy atom. The van der Waals surface area contributed by atoms with Crippen molar-refractivity contribution >= 4 is 11.8 Å². The number of nitrogens with zero attached hydrogens (tertiary/aromatic N) is 1. The second kappa shape index (κ2) is 5.61. The first-order valence-corrected chi connectivity index (χ1v) is 6.31. The van der Waals surface area contributed by atoms with Crippen LogP contribution in [0.3, 0.4) is 0 Å². The smallest absolute Gasteiger partial charge is 0.411 e. The summed E-state index contributed by atoms with van der Waals surface area (Å²) in [5.74, 6) is 0. The molecule has 0 bridgehead atoms. The van der Waals surface area contributed by atoms with Gasteiger partial charge >= 0.3 is 6.09 Å². The highest BCUT2D eigenvalue weighted by Gasteiger charge is 2.05. The van der Waals surface area contributed by atoms with Crippen LogP contribution < -0.4 is 5.32 Å². The fourth-order valence-electron chi connectivity index (χ4n) is 2.05. The summed E-state index contributed by atoms with van der Waals surface area (Å²) in [6.45, 7) is 6.28. The molecule has 1 heterocycles. The number of benzene rings is 1. The first-order chi connectivity index (χ1) is 9.11. The van der Waals surface area contributed by atoms with Gasteiger partial charge in [0.05, 0.1) is 6.61 Å². The highest BCUT2D eigenvalue weighted by molar-refractivity contribution is 5.84. The van der Waals surface area contributed by atoms with Gasteiger partial charge in [-0.05, 0) is 57.2 Å². The summed E-state index contributed by atoms with van der Waals surface area (Å²) in [4.78, 5) is 11.3. The van der Waals surface area contributed by atoms with E-state index in [0.29, 0.717) is 6.61 Å². The van der Waals surface area contributed by atoms with E-state index in [0.717, 1.165) is 11.4 Å². The predicted octanol–water partition coefficient (Wildman–Crippen LogP) is 3.66. The molecule has 0 radical (unpaired) electrons. The molecule has 0 unspecified atom stereocenters. The molecule has 0 spiro atoms. The Morgan fingerprint density at radius 3 is 2.21 bits per heavy atom. The lowest BCUT2D eigenvalue weighted by Gasteiger charge is -2.10. The van der Waals surface area contributed by atoms with Crippen LogP contribution >= 0.6 is 0 Å². The van der Waals surface area contributed by atoms with Gasteiger partial charge in [0.25, 0.3) is 0 Å².